The van der Waals surface area contributed by atoms with Gasteiger partial charge in [-0.3, -0.25) is 48.8 Å². The number of nitrogens with zero attached hydrogens (tertiary/aromatic N) is 4. The Bertz CT molecular complexity index is 2960. The summed E-state index contributed by atoms with van der Waals surface area (Å²) in [4.78, 5) is 102. The van der Waals surface area contributed by atoms with Gasteiger partial charge in [0.15, 0.2) is 0 Å². The van der Waals surface area contributed by atoms with E-state index in [-0.39, 0.29) is 114 Å². The number of benzene rings is 5. The van der Waals surface area contributed by atoms with Gasteiger partial charge in [-0.2, -0.15) is 0 Å². The lowest BCUT2D eigenvalue weighted by Gasteiger charge is -2.27. The van der Waals surface area contributed by atoms with Crippen LogP contribution in [0.1, 0.15) is 62.1 Å². The summed E-state index contributed by atoms with van der Waals surface area (Å²) < 4.78 is 0. The molecule has 0 saturated carbocycles. The molecule has 6 N–H and O–H groups in total. The number of hydrogen-bond acceptors (Lipinski definition) is 12. The zero-order chi connectivity index (χ0) is 46.2. The van der Waals surface area contributed by atoms with Gasteiger partial charge in [-0.15, -0.1) is 49.6 Å². The van der Waals surface area contributed by atoms with E-state index in [1.165, 1.54) is 30.3 Å². The Morgan fingerprint density at radius 1 is 0.514 bits per heavy atom. The number of carbonyl (C=O) groups is 6. The zero-order valence-electron chi connectivity index (χ0n) is 36.9. The lowest BCUT2D eigenvalue weighted by atomic mass is 9.92. The minimum atomic E-state index is -0.863. The first-order chi connectivity index (χ1) is 32.1. The van der Waals surface area contributed by atoms with Crippen molar-refractivity contribution in [3.63, 3.8) is 0 Å². The topological polar surface area (TPSA) is 247 Å². The number of pyridine rings is 2. The van der Waals surface area contributed by atoms with Crippen molar-refractivity contribution in [2.45, 2.75) is 0 Å². The van der Waals surface area contributed by atoms with Crippen LogP contribution in [-0.2, 0) is 0 Å². The highest BCUT2D eigenvalue weighted by molar-refractivity contribution is 6.36. The Hall–Kier alpha value is -7.32. The molecular formula is C48H46Cl4N10O8. The van der Waals surface area contributed by atoms with Gasteiger partial charge in [-0.1, -0.05) is 48.5 Å². The van der Waals surface area contributed by atoms with Crippen LogP contribution in [0.3, 0.4) is 0 Å². The van der Waals surface area contributed by atoms with Gasteiger partial charge in [0, 0.05) is 110 Å². The third kappa shape index (κ3) is 12.3. The molecule has 0 bridgehead atoms. The minimum absolute atomic E-state index is 0. The van der Waals surface area contributed by atoms with E-state index in [4.69, 9.17) is 0 Å². The van der Waals surface area contributed by atoms with Crippen molar-refractivity contribution in [3.05, 3.63) is 165 Å². The molecule has 3 heterocycles. The first-order valence-electron chi connectivity index (χ1n) is 21.1. The average Bonchev–Trinajstić information content (AvgIpc) is 3.34. The van der Waals surface area contributed by atoms with E-state index < -0.39 is 28.6 Å². The van der Waals surface area contributed by atoms with E-state index in [2.05, 4.69) is 41.9 Å². The van der Waals surface area contributed by atoms with Crippen LogP contribution in [-0.4, -0.2) is 103 Å². The highest BCUT2D eigenvalue weighted by Crippen LogP contribution is 2.36. The minimum Gasteiger partial charge on any atom is -0.351 e. The maximum absolute atomic E-state index is 14.1. The predicted octanol–water partition coefficient (Wildman–Crippen LogP) is 5.83. The molecule has 7 aromatic rings. The molecule has 6 amide bonds. The van der Waals surface area contributed by atoms with Gasteiger partial charge in [-0.05, 0) is 53.9 Å². The quantitative estimate of drug-likeness (QED) is 0.0257. The molecule has 70 heavy (non-hydrogen) atoms. The number of imide groups is 1. The number of amides is 6. The molecule has 0 aliphatic carbocycles. The molecular weight excluding hydrogens is 986 g/mol. The fraction of sp³-hybridized carbons (Fsp3) is 0.167. The number of nitro benzene ring substituents is 1. The first-order valence-corrected chi connectivity index (χ1v) is 21.1. The lowest BCUT2D eigenvalue weighted by molar-refractivity contribution is -0.384. The Labute approximate surface area is 424 Å². The van der Waals surface area contributed by atoms with Crippen LogP contribution in [0.4, 0.5) is 11.4 Å². The number of nitro groups is 1. The number of fused-ring (bicyclic) bond motifs is 2. The second-order valence-corrected chi connectivity index (χ2v) is 15.1. The number of hydrogen-bond donors (Lipinski definition) is 6. The SMILES string of the molecule is Cl.Cl.Cl.Cl.O=C(NCCNCCNC(=O)c1ccnc2ccccc12)c1cc(C(=O)NCCNCCNC(=O)c2ccnc3ccccc23)cc(N2C(=O)c3cccc4cc([N+](=O)[O-])cc(c34)C2=O)c1. The van der Waals surface area contributed by atoms with Crippen LogP contribution in [0.15, 0.2) is 122 Å². The summed E-state index contributed by atoms with van der Waals surface area (Å²) in [5.74, 6) is -3.31. The number of carbonyl (C=O) groups excluding carboxylic acids is 6. The second kappa shape index (κ2) is 25.3. The highest BCUT2D eigenvalue weighted by atomic mass is 35.5. The molecule has 0 atom stereocenters. The summed E-state index contributed by atoms with van der Waals surface area (Å²) in [5, 5.41) is 31.5. The third-order valence-electron chi connectivity index (χ3n) is 10.9. The van der Waals surface area contributed by atoms with Crippen molar-refractivity contribution in [1.82, 2.24) is 41.9 Å². The number of nitrogens with one attached hydrogen (secondary N) is 6. The van der Waals surface area contributed by atoms with Crippen molar-refractivity contribution in [2.75, 3.05) is 57.3 Å². The molecule has 1 aliphatic rings. The van der Waals surface area contributed by atoms with E-state index in [9.17, 15) is 38.9 Å². The Balaban J connectivity index is 0.00000266. The predicted molar refractivity (Wildman–Crippen MR) is 276 cm³/mol. The second-order valence-electron chi connectivity index (χ2n) is 15.1. The summed E-state index contributed by atoms with van der Waals surface area (Å²) in [6, 6.07) is 29.0. The molecule has 0 fully saturated rings. The van der Waals surface area contributed by atoms with Gasteiger partial charge in [-0.25, -0.2) is 4.90 Å². The van der Waals surface area contributed by atoms with E-state index in [0.717, 1.165) is 21.7 Å². The number of rotatable bonds is 18. The molecule has 1 aliphatic heterocycles. The molecule has 0 saturated heterocycles. The molecule has 0 spiro atoms. The summed E-state index contributed by atoms with van der Waals surface area (Å²) in [7, 11) is 0. The van der Waals surface area contributed by atoms with E-state index in [1.807, 2.05) is 48.5 Å². The van der Waals surface area contributed by atoms with Gasteiger partial charge < -0.3 is 31.9 Å². The normalized spacial score (nSPS) is 11.3. The molecule has 2 aromatic heterocycles. The van der Waals surface area contributed by atoms with Crippen molar-refractivity contribution < 1.29 is 33.7 Å². The Kier molecular flexibility index (Phi) is 20.0. The van der Waals surface area contributed by atoms with Crippen LogP contribution in [0.5, 0.6) is 0 Å². The summed E-state index contributed by atoms with van der Waals surface area (Å²) in [6.07, 6.45) is 3.16. The fourth-order valence-electron chi connectivity index (χ4n) is 7.72. The highest BCUT2D eigenvalue weighted by Gasteiger charge is 2.36. The van der Waals surface area contributed by atoms with Gasteiger partial charge >= 0.3 is 0 Å². The van der Waals surface area contributed by atoms with E-state index in [1.54, 1.807) is 36.7 Å². The fourth-order valence-corrected chi connectivity index (χ4v) is 7.72. The summed E-state index contributed by atoms with van der Waals surface area (Å²) in [5.41, 5.74) is 1.96. The average molecular weight is 1030 g/mol. The smallest absolute Gasteiger partial charge is 0.270 e. The molecule has 22 heteroatoms. The van der Waals surface area contributed by atoms with E-state index >= 15 is 0 Å². The molecule has 0 radical (unpaired) electrons. The van der Waals surface area contributed by atoms with Crippen LogP contribution in [0, 0.1) is 10.1 Å². The van der Waals surface area contributed by atoms with Gasteiger partial charge in [0.2, 0.25) is 0 Å². The summed E-state index contributed by atoms with van der Waals surface area (Å²) in [6.45, 7) is 2.29. The molecule has 18 nitrogen and oxygen atoms in total. The van der Waals surface area contributed by atoms with Crippen LogP contribution >= 0.6 is 49.6 Å². The largest absolute Gasteiger partial charge is 0.351 e. The maximum Gasteiger partial charge on any atom is 0.270 e. The van der Waals surface area contributed by atoms with Gasteiger partial charge in [0.25, 0.3) is 41.1 Å². The number of para-hydroxylation sites is 2. The molecule has 5 aromatic carbocycles. The maximum atomic E-state index is 14.1. The standard InChI is InChI=1S/C48H42N10O8.4ClH/c59-43(53-20-16-49-18-22-55-45(61)36-12-14-51-40-10-3-1-7-34(36)40)30-24-31(44(60)54-21-17-50-19-23-56-46(62)37-13-15-52-41-11-4-2-8-35(37)41)27-32(26-30)57-47(63)38-9-5-6-29-25-33(58(65)66)28-39(42(29)38)48(57)64;;;;/h1-15,24-28,49-50H,16-23H2,(H,53,59)(H,54,60)(H,55,61)(H,56,62);4*1H. The summed E-state index contributed by atoms with van der Waals surface area (Å²) >= 11 is 0. The molecule has 8 rings (SSSR count). The van der Waals surface area contributed by atoms with Crippen LogP contribution < -0.4 is 36.8 Å². The first kappa shape index (κ1) is 55.3. The van der Waals surface area contributed by atoms with Gasteiger partial charge in [0.1, 0.15) is 0 Å². The lowest BCUT2D eigenvalue weighted by Crippen LogP contribution is -2.41. The zero-order valence-corrected chi connectivity index (χ0v) is 40.2. The third-order valence-corrected chi connectivity index (χ3v) is 10.9. The van der Waals surface area contributed by atoms with Crippen molar-refractivity contribution in [1.29, 1.82) is 0 Å². The van der Waals surface area contributed by atoms with E-state index in [0.29, 0.717) is 66.8 Å². The number of aromatic nitrogens is 2. The van der Waals surface area contributed by atoms with Crippen molar-refractivity contribution in [2.24, 2.45) is 0 Å². The monoisotopic (exact) mass is 1030 g/mol. The number of halogens is 4. The van der Waals surface area contributed by atoms with Crippen LogP contribution in [0.2, 0.25) is 0 Å². The van der Waals surface area contributed by atoms with Crippen LogP contribution in [0.25, 0.3) is 32.6 Å². The Morgan fingerprint density at radius 3 is 1.46 bits per heavy atom. The number of non-ortho nitro benzene ring substituents is 1. The number of anilines is 1. The van der Waals surface area contributed by atoms with Crippen molar-refractivity contribution >= 4 is 129 Å². The molecule has 364 valence electrons. The van der Waals surface area contributed by atoms with Gasteiger partial charge in [0.05, 0.1) is 38.3 Å². The van der Waals surface area contributed by atoms with Crippen molar-refractivity contribution in [3.8, 4) is 0 Å². The Morgan fingerprint density at radius 2 is 0.971 bits per heavy atom. The molecule has 0 unspecified atom stereocenters.